The molecular formula is C27H35N3O2. The van der Waals surface area contributed by atoms with E-state index in [1.165, 1.54) is 16.7 Å². The number of hydrogen-bond acceptors (Lipinski definition) is 3. The molecule has 0 aromatic heterocycles. The molecule has 2 N–H and O–H groups in total. The Morgan fingerprint density at radius 2 is 1.81 bits per heavy atom. The summed E-state index contributed by atoms with van der Waals surface area (Å²) in [6.45, 7) is 8.21. The van der Waals surface area contributed by atoms with E-state index in [2.05, 4.69) is 58.0 Å². The van der Waals surface area contributed by atoms with Crippen molar-refractivity contribution in [2.45, 2.75) is 58.7 Å². The molecule has 1 saturated heterocycles. The van der Waals surface area contributed by atoms with Gasteiger partial charge in [0.1, 0.15) is 0 Å². The van der Waals surface area contributed by atoms with Gasteiger partial charge in [0, 0.05) is 37.5 Å². The van der Waals surface area contributed by atoms with E-state index in [-0.39, 0.29) is 35.2 Å². The second-order valence-corrected chi connectivity index (χ2v) is 9.66. The molecule has 2 aromatic rings. The topological polar surface area (TPSA) is 61.4 Å². The van der Waals surface area contributed by atoms with Crippen molar-refractivity contribution in [3.05, 3.63) is 71.3 Å². The van der Waals surface area contributed by atoms with Crippen LogP contribution in [0.1, 0.15) is 56.3 Å². The monoisotopic (exact) mass is 433 g/mol. The molecule has 1 heterocycles. The quantitative estimate of drug-likeness (QED) is 0.728. The van der Waals surface area contributed by atoms with Crippen molar-refractivity contribution < 1.29 is 9.59 Å². The Morgan fingerprint density at radius 1 is 1.09 bits per heavy atom. The molecule has 0 saturated carbocycles. The largest absolute Gasteiger partial charge is 0.354 e. The molecule has 2 aliphatic rings. The summed E-state index contributed by atoms with van der Waals surface area (Å²) in [6.07, 6.45) is 2.25. The predicted octanol–water partition coefficient (Wildman–Crippen LogP) is 3.84. The van der Waals surface area contributed by atoms with Crippen LogP contribution in [0.15, 0.2) is 54.6 Å². The molecule has 0 radical (unpaired) electrons. The minimum Gasteiger partial charge on any atom is -0.354 e. The molecule has 1 spiro atoms. The average Bonchev–Trinajstić information content (AvgIpc) is 3.14. The van der Waals surface area contributed by atoms with E-state index in [1.807, 2.05) is 32.9 Å². The Balaban J connectivity index is 1.73. The van der Waals surface area contributed by atoms with Gasteiger partial charge in [-0.05, 0) is 43.4 Å². The number of rotatable bonds is 6. The van der Waals surface area contributed by atoms with Crippen LogP contribution in [0.2, 0.25) is 0 Å². The summed E-state index contributed by atoms with van der Waals surface area (Å²) in [4.78, 5) is 28.5. The molecule has 2 aromatic carbocycles. The second-order valence-electron chi connectivity index (χ2n) is 9.66. The molecule has 4 rings (SSSR count). The van der Waals surface area contributed by atoms with Crippen LogP contribution in [0.5, 0.6) is 0 Å². The lowest BCUT2D eigenvalue weighted by Gasteiger charge is -2.46. The number of nitrogens with zero attached hydrogens (tertiary/aromatic N) is 1. The van der Waals surface area contributed by atoms with E-state index in [9.17, 15) is 9.59 Å². The Labute approximate surface area is 191 Å². The minimum atomic E-state index is -0.326. The summed E-state index contributed by atoms with van der Waals surface area (Å²) in [5.74, 6) is -0.0366. The Kier molecular flexibility index (Phi) is 6.66. The standard InChI is InChI=1S/C27H35N3O2/c1-4-24(31)29-25-22-13-9-8-12-21(22)14-15-27(25)18-30(16-20-10-6-5-7-11-20)17-23(27)26(32)28-19(2)3/h5-13,19,23,25H,4,14-18H2,1-3H3,(H,28,32)(H,29,31)/t23-,25-,27+/m1/s1. The summed E-state index contributed by atoms with van der Waals surface area (Å²) < 4.78 is 0. The van der Waals surface area contributed by atoms with Gasteiger partial charge in [0.15, 0.2) is 0 Å². The first-order valence-corrected chi connectivity index (χ1v) is 11.9. The van der Waals surface area contributed by atoms with Crippen molar-refractivity contribution in [1.82, 2.24) is 15.5 Å². The molecule has 2 amide bonds. The van der Waals surface area contributed by atoms with Crippen LogP contribution in [-0.2, 0) is 22.6 Å². The van der Waals surface area contributed by atoms with Crippen molar-refractivity contribution in [3.8, 4) is 0 Å². The fraction of sp³-hybridized carbons (Fsp3) is 0.481. The van der Waals surface area contributed by atoms with E-state index in [4.69, 9.17) is 0 Å². The molecule has 5 heteroatoms. The molecular weight excluding hydrogens is 398 g/mol. The number of amides is 2. The summed E-state index contributed by atoms with van der Waals surface area (Å²) in [5.41, 5.74) is 3.37. The SMILES string of the molecule is CCC(=O)N[C@@H]1c2ccccc2CC[C@@]12CN(Cc1ccccc1)C[C@@H]2C(=O)NC(C)C. The van der Waals surface area contributed by atoms with Gasteiger partial charge in [-0.2, -0.15) is 0 Å². The third-order valence-corrected chi connectivity index (χ3v) is 7.08. The lowest BCUT2D eigenvalue weighted by molar-refractivity contribution is -0.131. The van der Waals surface area contributed by atoms with E-state index in [0.717, 1.165) is 25.9 Å². The predicted molar refractivity (Wildman–Crippen MR) is 127 cm³/mol. The molecule has 5 nitrogen and oxygen atoms in total. The first-order chi connectivity index (χ1) is 15.4. The lowest BCUT2D eigenvalue weighted by Crippen LogP contribution is -2.52. The van der Waals surface area contributed by atoms with Crippen LogP contribution in [-0.4, -0.2) is 35.8 Å². The van der Waals surface area contributed by atoms with Crippen LogP contribution in [0.4, 0.5) is 0 Å². The highest BCUT2D eigenvalue weighted by atomic mass is 16.2. The van der Waals surface area contributed by atoms with Gasteiger partial charge in [-0.15, -0.1) is 0 Å². The highest BCUT2D eigenvalue weighted by molar-refractivity contribution is 5.81. The van der Waals surface area contributed by atoms with Crippen molar-refractivity contribution in [1.29, 1.82) is 0 Å². The second kappa shape index (κ2) is 9.45. The maximum absolute atomic E-state index is 13.5. The van der Waals surface area contributed by atoms with Crippen LogP contribution in [0, 0.1) is 11.3 Å². The number of hydrogen-bond donors (Lipinski definition) is 2. The minimum absolute atomic E-state index is 0.0376. The highest BCUT2D eigenvalue weighted by Crippen LogP contribution is 2.53. The lowest BCUT2D eigenvalue weighted by atomic mass is 9.62. The van der Waals surface area contributed by atoms with Crippen LogP contribution in [0.3, 0.4) is 0 Å². The Morgan fingerprint density at radius 3 is 2.53 bits per heavy atom. The van der Waals surface area contributed by atoms with Crippen molar-refractivity contribution in [2.75, 3.05) is 13.1 Å². The third kappa shape index (κ3) is 4.44. The van der Waals surface area contributed by atoms with Gasteiger partial charge in [0.05, 0.1) is 12.0 Å². The number of benzene rings is 2. The van der Waals surface area contributed by atoms with Gasteiger partial charge < -0.3 is 10.6 Å². The molecule has 170 valence electrons. The number of likely N-dealkylation sites (tertiary alicyclic amines) is 1. The van der Waals surface area contributed by atoms with E-state index in [0.29, 0.717) is 13.0 Å². The fourth-order valence-electron chi connectivity index (χ4n) is 5.62. The maximum Gasteiger partial charge on any atom is 0.225 e. The maximum atomic E-state index is 13.5. The number of carbonyl (C=O) groups excluding carboxylic acids is 2. The van der Waals surface area contributed by atoms with Gasteiger partial charge in [-0.3, -0.25) is 14.5 Å². The molecule has 1 fully saturated rings. The zero-order valence-corrected chi connectivity index (χ0v) is 19.4. The summed E-state index contributed by atoms with van der Waals surface area (Å²) in [6, 6.07) is 18.8. The summed E-state index contributed by atoms with van der Waals surface area (Å²) in [5, 5.41) is 6.51. The van der Waals surface area contributed by atoms with E-state index < -0.39 is 0 Å². The number of fused-ring (bicyclic) bond motifs is 1. The van der Waals surface area contributed by atoms with Gasteiger partial charge in [-0.25, -0.2) is 0 Å². The summed E-state index contributed by atoms with van der Waals surface area (Å²) >= 11 is 0. The van der Waals surface area contributed by atoms with Gasteiger partial charge in [-0.1, -0.05) is 61.5 Å². The molecule has 0 unspecified atom stereocenters. The third-order valence-electron chi connectivity index (χ3n) is 7.08. The van der Waals surface area contributed by atoms with Gasteiger partial charge >= 0.3 is 0 Å². The Bertz CT molecular complexity index is 958. The van der Waals surface area contributed by atoms with Crippen LogP contribution >= 0.6 is 0 Å². The summed E-state index contributed by atoms with van der Waals surface area (Å²) in [7, 11) is 0. The number of carbonyl (C=O) groups is 2. The molecule has 0 bridgehead atoms. The van der Waals surface area contributed by atoms with E-state index >= 15 is 0 Å². The zero-order chi connectivity index (χ0) is 22.7. The first-order valence-electron chi connectivity index (χ1n) is 11.9. The fourth-order valence-corrected chi connectivity index (χ4v) is 5.62. The first kappa shape index (κ1) is 22.5. The zero-order valence-electron chi connectivity index (χ0n) is 19.4. The van der Waals surface area contributed by atoms with Gasteiger partial charge in [0.2, 0.25) is 11.8 Å². The van der Waals surface area contributed by atoms with Crippen molar-refractivity contribution >= 4 is 11.8 Å². The van der Waals surface area contributed by atoms with Crippen molar-refractivity contribution in [2.24, 2.45) is 11.3 Å². The molecule has 1 aliphatic carbocycles. The molecule has 3 atom stereocenters. The van der Waals surface area contributed by atoms with E-state index in [1.54, 1.807) is 0 Å². The highest BCUT2D eigenvalue weighted by Gasteiger charge is 2.56. The normalized spacial score (nSPS) is 25.0. The van der Waals surface area contributed by atoms with Gasteiger partial charge in [0.25, 0.3) is 0 Å². The molecule has 32 heavy (non-hydrogen) atoms. The molecule has 1 aliphatic heterocycles. The average molecular weight is 434 g/mol. The smallest absolute Gasteiger partial charge is 0.225 e. The van der Waals surface area contributed by atoms with Crippen LogP contribution in [0.25, 0.3) is 0 Å². The Hall–Kier alpha value is -2.66. The number of nitrogens with one attached hydrogen (secondary N) is 2. The van der Waals surface area contributed by atoms with Crippen molar-refractivity contribution in [3.63, 3.8) is 0 Å². The van der Waals surface area contributed by atoms with Crippen LogP contribution < -0.4 is 10.6 Å². The number of aryl methyl sites for hydroxylation is 1.